The van der Waals surface area contributed by atoms with Crippen LogP contribution in [0.1, 0.15) is 57.2 Å². The molecule has 0 spiro atoms. The molecule has 0 aliphatic rings. The van der Waals surface area contributed by atoms with Gasteiger partial charge >= 0.3 is 0 Å². The van der Waals surface area contributed by atoms with Gasteiger partial charge in [0.25, 0.3) is 0 Å². The summed E-state index contributed by atoms with van der Waals surface area (Å²) in [6, 6.07) is 0. The van der Waals surface area contributed by atoms with E-state index in [0.29, 0.717) is 32.3 Å². The quantitative estimate of drug-likeness (QED) is 0.317. The van der Waals surface area contributed by atoms with Crippen molar-refractivity contribution in [3.8, 4) is 0 Å². The fraction of sp³-hybridized carbons (Fsp3) is 0.778. The monoisotopic (exact) mass is 370 g/mol. The molecular formula is C18H34N4O2S. The Kier molecular flexibility index (Phi) is 12.3. The molecule has 0 unspecified atom stereocenters. The fourth-order valence-corrected chi connectivity index (χ4v) is 2.84. The second-order valence-corrected chi connectivity index (χ2v) is 6.96. The largest absolute Gasteiger partial charge is 0.379 e. The smallest absolute Gasteiger partial charge is 0.191 e. The van der Waals surface area contributed by atoms with E-state index in [0.717, 1.165) is 49.2 Å². The molecule has 0 aliphatic heterocycles. The summed E-state index contributed by atoms with van der Waals surface area (Å²) in [5.74, 6) is 1.26. The van der Waals surface area contributed by atoms with E-state index in [-0.39, 0.29) is 0 Å². The van der Waals surface area contributed by atoms with Gasteiger partial charge in [-0.1, -0.05) is 27.2 Å². The number of nitrogens with one attached hydrogen (secondary N) is 2. The number of guanidine groups is 1. The maximum Gasteiger partial charge on any atom is 0.191 e. The molecule has 144 valence electrons. The lowest BCUT2D eigenvalue weighted by Crippen LogP contribution is -2.39. The average molecular weight is 371 g/mol. The Morgan fingerprint density at radius 1 is 1.16 bits per heavy atom. The van der Waals surface area contributed by atoms with Gasteiger partial charge < -0.3 is 20.1 Å². The lowest BCUT2D eigenvalue weighted by Gasteiger charge is -2.11. The number of unbranched alkanes of at least 4 members (excludes halogenated alkanes) is 1. The summed E-state index contributed by atoms with van der Waals surface area (Å²) >= 11 is 1.67. The summed E-state index contributed by atoms with van der Waals surface area (Å²) in [5.41, 5.74) is 1.14. The maximum absolute atomic E-state index is 5.55. The van der Waals surface area contributed by atoms with E-state index in [1.165, 1.54) is 0 Å². The first kappa shape index (κ1) is 21.9. The third-order valence-electron chi connectivity index (χ3n) is 3.43. The highest BCUT2D eigenvalue weighted by Crippen LogP contribution is 2.18. The molecule has 0 fully saturated rings. The number of hydrogen-bond donors (Lipinski definition) is 2. The van der Waals surface area contributed by atoms with Crippen molar-refractivity contribution in [2.75, 3.05) is 39.5 Å². The van der Waals surface area contributed by atoms with Gasteiger partial charge in [0.2, 0.25) is 0 Å². The van der Waals surface area contributed by atoms with Gasteiger partial charge in [0, 0.05) is 25.1 Å². The molecule has 0 aromatic carbocycles. The lowest BCUT2D eigenvalue weighted by atomic mass is 10.2. The van der Waals surface area contributed by atoms with Gasteiger partial charge in [-0.25, -0.2) is 9.98 Å². The highest BCUT2D eigenvalue weighted by molar-refractivity contribution is 7.09. The molecule has 0 saturated carbocycles. The Hall–Kier alpha value is -1.18. The fourth-order valence-electron chi connectivity index (χ4n) is 1.96. The van der Waals surface area contributed by atoms with Gasteiger partial charge in [0.1, 0.15) is 5.01 Å². The number of ether oxygens (including phenoxy) is 2. The first-order valence-corrected chi connectivity index (χ1v) is 10.2. The zero-order valence-electron chi connectivity index (χ0n) is 16.1. The van der Waals surface area contributed by atoms with Crippen molar-refractivity contribution in [1.82, 2.24) is 15.6 Å². The molecular weight excluding hydrogens is 336 g/mol. The minimum absolute atomic E-state index is 0.462. The zero-order valence-corrected chi connectivity index (χ0v) is 17.0. The van der Waals surface area contributed by atoms with Gasteiger partial charge in [-0.05, 0) is 19.3 Å². The predicted octanol–water partition coefficient (Wildman–Crippen LogP) is 3.15. The number of rotatable bonds is 13. The maximum atomic E-state index is 5.55. The summed E-state index contributed by atoms with van der Waals surface area (Å²) in [5, 5.41) is 9.69. The molecule has 6 nitrogen and oxygen atoms in total. The van der Waals surface area contributed by atoms with Crippen molar-refractivity contribution < 1.29 is 9.47 Å². The molecule has 1 aromatic rings. The number of thiazole rings is 1. The van der Waals surface area contributed by atoms with Crippen molar-refractivity contribution >= 4 is 17.3 Å². The van der Waals surface area contributed by atoms with E-state index in [1.54, 1.807) is 11.3 Å². The highest BCUT2D eigenvalue weighted by atomic mass is 32.1. The Morgan fingerprint density at radius 3 is 2.56 bits per heavy atom. The van der Waals surface area contributed by atoms with Crippen molar-refractivity contribution in [2.45, 2.75) is 53.0 Å². The van der Waals surface area contributed by atoms with E-state index < -0.39 is 0 Å². The van der Waals surface area contributed by atoms with E-state index in [4.69, 9.17) is 9.47 Å². The summed E-state index contributed by atoms with van der Waals surface area (Å²) in [6.45, 7) is 13.4. The first-order chi connectivity index (χ1) is 12.2. The van der Waals surface area contributed by atoms with Gasteiger partial charge in [-0.2, -0.15) is 0 Å². The van der Waals surface area contributed by atoms with Crippen LogP contribution in [0.25, 0.3) is 0 Å². The average Bonchev–Trinajstić information content (AvgIpc) is 3.07. The van der Waals surface area contributed by atoms with Crippen LogP contribution in [0.2, 0.25) is 0 Å². The molecule has 7 heteroatoms. The molecule has 0 aliphatic carbocycles. The second kappa shape index (κ2) is 14.0. The lowest BCUT2D eigenvalue weighted by molar-refractivity contribution is 0.0487. The highest BCUT2D eigenvalue weighted by Gasteiger charge is 2.05. The van der Waals surface area contributed by atoms with Gasteiger partial charge in [-0.3, -0.25) is 0 Å². The minimum atomic E-state index is 0.462. The molecule has 1 aromatic heterocycles. The predicted molar refractivity (Wildman–Crippen MR) is 106 cm³/mol. The topological polar surface area (TPSA) is 67.8 Å². The van der Waals surface area contributed by atoms with Gasteiger partial charge in [-0.15, -0.1) is 11.3 Å². The van der Waals surface area contributed by atoms with Crippen LogP contribution < -0.4 is 10.6 Å². The van der Waals surface area contributed by atoms with E-state index in [2.05, 4.69) is 53.7 Å². The Balaban J connectivity index is 2.22. The molecule has 1 rings (SSSR count). The van der Waals surface area contributed by atoms with E-state index in [1.807, 2.05) is 0 Å². The van der Waals surface area contributed by atoms with E-state index >= 15 is 0 Å². The minimum Gasteiger partial charge on any atom is -0.379 e. The molecule has 0 radical (unpaired) electrons. The van der Waals surface area contributed by atoms with Crippen molar-refractivity contribution in [1.29, 1.82) is 0 Å². The van der Waals surface area contributed by atoms with Crippen molar-refractivity contribution in [3.63, 3.8) is 0 Å². The van der Waals surface area contributed by atoms with Crippen LogP contribution in [0.15, 0.2) is 10.4 Å². The normalized spacial score (nSPS) is 12.0. The third-order valence-corrected chi connectivity index (χ3v) is 4.28. The first-order valence-electron chi connectivity index (χ1n) is 9.29. The van der Waals surface area contributed by atoms with Crippen molar-refractivity contribution in [2.24, 2.45) is 4.99 Å². The van der Waals surface area contributed by atoms with Crippen LogP contribution in [0.3, 0.4) is 0 Å². The van der Waals surface area contributed by atoms with Crippen LogP contribution in [0.4, 0.5) is 0 Å². The second-order valence-electron chi connectivity index (χ2n) is 6.02. The number of aliphatic imine (C=N–C) groups is 1. The van der Waals surface area contributed by atoms with Crippen LogP contribution in [0, 0.1) is 0 Å². The standard InChI is InChI=1S/C18H34N4O2S/c1-5-7-9-23-11-12-24-10-8-20-18(19-6-2)21-13-17-22-16(14-25-17)15(3)4/h14-15H,5-13H2,1-4H3,(H2,19,20,21). The van der Waals surface area contributed by atoms with Crippen LogP contribution >= 0.6 is 11.3 Å². The van der Waals surface area contributed by atoms with Gasteiger partial charge in [0.05, 0.1) is 32.1 Å². The summed E-state index contributed by atoms with van der Waals surface area (Å²) in [6.07, 6.45) is 2.28. The zero-order chi connectivity index (χ0) is 18.3. The SMILES string of the molecule is CCCCOCCOCCNC(=NCc1nc(C(C)C)cs1)NCC. The number of hydrogen-bond acceptors (Lipinski definition) is 5. The number of aromatic nitrogens is 1. The van der Waals surface area contributed by atoms with Crippen LogP contribution in [-0.4, -0.2) is 50.5 Å². The van der Waals surface area contributed by atoms with Crippen LogP contribution in [0.5, 0.6) is 0 Å². The van der Waals surface area contributed by atoms with E-state index in [9.17, 15) is 0 Å². The summed E-state index contributed by atoms with van der Waals surface area (Å²) < 4.78 is 11.0. The molecule has 2 N–H and O–H groups in total. The Labute approximate surface area is 156 Å². The molecule has 0 amide bonds. The third kappa shape index (κ3) is 10.4. The molecule has 1 heterocycles. The molecule has 0 saturated heterocycles. The summed E-state index contributed by atoms with van der Waals surface area (Å²) in [4.78, 5) is 9.20. The van der Waals surface area contributed by atoms with Crippen LogP contribution in [-0.2, 0) is 16.0 Å². The molecule has 0 atom stereocenters. The number of nitrogens with zero attached hydrogens (tertiary/aromatic N) is 2. The Morgan fingerprint density at radius 2 is 1.92 bits per heavy atom. The van der Waals surface area contributed by atoms with Gasteiger partial charge in [0.15, 0.2) is 5.96 Å². The Bertz CT molecular complexity index is 477. The molecule has 25 heavy (non-hydrogen) atoms. The van der Waals surface area contributed by atoms with Crippen molar-refractivity contribution in [3.05, 3.63) is 16.1 Å². The summed E-state index contributed by atoms with van der Waals surface area (Å²) in [7, 11) is 0. The molecule has 0 bridgehead atoms.